The van der Waals surface area contributed by atoms with E-state index in [0.717, 1.165) is 72.0 Å². The molecule has 2 atom stereocenters. The maximum absolute atomic E-state index is 12.6. The van der Waals surface area contributed by atoms with E-state index in [1.165, 1.54) is 22.7 Å². The van der Waals surface area contributed by atoms with E-state index >= 15 is 0 Å². The molecule has 2 aliphatic heterocycles. The van der Waals surface area contributed by atoms with Crippen LogP contribution in [-0.2, 0) is 9.59 Å². The number of nitrogens with one attached hydrogen (secondary N) is 2. The zero-order valence-corrected chi connectivity index (χ0v) is 21.7. The number of aliphatic hydroxyl groups excluding tert-OH is 2. The van der Waals surface area contributed by atoms with Crippen LogP contribution in [0.4, 0.5) is 10.3 Å². The SMILES string of the molecule is O=C(CN1CCCCC1CO)Nc1nc2cc3nc(NC(=O)CN4CCCCC4CO)sc3cc2s1. The first-order valence-electron chi connectivity index (χ1n) is 12.5. The molecule has 3 aromatic rings. The van der Waals surface area contributed by atoms with Gasteiger partial charge in [-0.2, -0.15) is 0 Å². The van der Waals surface area contributed by atoms with Crippen molar-refractivity contribution in [2.45, 2.75) is 50.6 Å². The summed E-state index contributed by atoms with van der Waals surface area (Å²) in [7, 11) is 0. The van der Waals surface area contributed by atoms with Crippen LogP contribution in [-0.4, -0.2) is 93.3 Å². The lowest BCUT2D eigenvalue weighted by Gasteiger charge is -2.33. The number of amides is 2. The van der Waals surface area contributed by atoms with Gasteiger partial charge in [-0.25, -0.2) is 9.97 Å². The molecule has 12 heteroatoms. The molecule has 2 unspecified atom stereocenters. The lowest BCUT2D eigenvalue weighted by Crippen LogP contribution is -2.45. The van der Waals surface area contributed by atoms with E-state index in [2.05, 4.69) is 20.6 Å². The molecule has 0 saturated carbocycles. The fourth-order valence-corrected chi connectivity index (χ4v) is 6.97. The minimum atomic E-state index is -0.128. The van der Waals surface area contributed by atoms with Gasteiger partial charge in [-0.3, -0.25) is 19.4 Å². The van der Waals surface area contributed by atoms with Gasteiger partial charge < -0.3 is 20.8 Å². The van der Waals surface area contributed by atoms with Gasteiger partial charge in [0.1, 0.15) is 0 Å². The highest BCUT2D eigenvalue weighted by Gasteiger charge is 2.25. The van der Waals surface area contributed by atoms with E-state index in [-0.39, 0.29) is 50.2 Å². The smallest absolute Gasteiger partial charge is 0.240 e. The third kappa shape index (κ3) is 5.84. The molecule has 2 aromatic heterocycles. The molecule has 0 radical (unpaired) electrons. The molecule has 4 N–H and O–H groups in total. The first-order valence-corrected chi connectivity index (χ1v) is 14.2. The predicted molar refractivity (Wildman–Crippen MR) is 143 cm³/mol. The highest BCUT2D eigenvalue weighted by molar-refractivity contribution is 7.24. The highest BCUT2D eigenvalue weighted by Crippen LogP contribution is 2.34. The summed E-state index contributed by atoms with van der Waals surface area (Å²) in [5.74, 6) is -0.257. The summed E-state index contributed by atoms with van der Waals surface area (Å²) in [6.45, 7) is 2.28. The normalized spacial score (nSPS) is 21.7. The van der Waals surface area contributed by atoms with E-state index in [9.17, 15) is 19.8 Å². The lowest BCUT2D eigenvalue weighted by molar-refractivity contribution is -0.119. The summed E-state index contributed by atoms with van der Waals surface area (Å²) in [6, 6.07) is 3.96. The molecular weight excluding hydrogens is 500 g/mol. The molecule has 36 heavy (non-hydrogen) atoms. The number of aliphatic hydroxyl groups is 2. The van der Waals surface area contributed by atoms with Gasteiger partial charge in [0.05, 0.1) is 46.7 Å². The van der Waals surface area contributed by atoms with E-state index in [1.807, 2.05) is 21.9 Å². The minimum absolute atomic E-state index is 0.0448. The third-order valence-electron chi connectivity index (χ3n) is 7.00. The molecule has 2 saturated heterocycles. The summed E-state index contributed by atoms with van der Waals surface area (Å²) in [4.78, 5) is 38.4. The number of nitrogens with zero attached hydrogens (tertiary/aromatic N) is 4. The standard InChI is InChI=1S/C24H32N6O4S2/c31-13-15-5-1-3-7-29(15)11-21(33)27-23-25-17-9-18-20(10-19(17)35-23)36-24(26-18)28-22(34)12-30-8-4-2-6-16(30)14-32/h9-10,15-16,31-32H,1-8,11-14H2,(H,25,27,33)(H,26,28,34). The Labute approximate surface area is 217 Å². The van der Waals surface area contributed by atoms with E-state index < -0.39 is 0 Å². The molecule has 1 aromatic carbocycles. The van der Waals surface area contributed by atoms with Gasteiger partial charge in [0, 0.05) is 12.1 Å². The van der Waals surface area contributed by atoms with Crippen molar-refractivity contribution in [1.29, 1.82) is 0 Å². The van der Waals surface area contributed by atoms with Crippen molar-refractivity contribution >= 4 is 65.2 Å². The molecule has 194 valence electrons. The highest BCUT2D eigenvalue weighted by atomic mass is 32.1. The zero-order valence-electron chi connectivity index (χ0n) is 20.1. The average molecular weight is 533 g/mol. The van der Waals surface area contributed by atoms with Crippen molar-refractivity contribution in [3.8, 4) is 0 Å². The zero-order chi connectivity index (χ0) is 25.1. The Hall–Kier alpha value is -2.22. The van der Waals surface area contributed by atoms with Gasteiger partial charge in [-0.1, -0.05) is 35.5 Å². The Balaban J connectivity index is 1.22. The predicted octanol–water partition coefficient (Wildman–Crippen LogP) is 2.48. The van der Waals surface area contributed by atoms with E-state index in [4.69, 9.17) is 0 Å². The topological polar surface area (TPSA) is 131 Å². The second kappa shape index (κ2) is 11.4. The van der Waals surface area contributed by atoms with Crippen LogP contribution in [0.25, 0.3) is 20.4 Å². The fraction of sp³-hybridized carbons (Fsp3) is 0.583. The maximum atomic E-state index is 12.6. The number of thiazole rings is 2. The van der Waals surface area contributed by atoms with Crippen LogP contribution in [0.2, 0.25) is 0 Å². The molecule has 5 rings (SSSR count). The number of aromatic nitrogens is 2. The van der Waals surface area contributed by atoms with Crippen LogP contribution in [0.1, 0.15) is 38.5 Å². The number of piperidine rings is 2. The van der Waals surface area contributed by atoms with Crippen LogP contribution in [0.3, 0.4) is 0 Å². The van der Waals surface area contributed by atoms with Crippen LogP contribution in [0, 0.1) is 0 Å². The molecule has 2 aliphatic rings. The van der Waals surface area contributed by atoms with Gasteiger partial charge in [-0.15, -0.1) is 0 Å². The molecule has 4 heterocycles. The monoisotopic (exact) mass is 532 g/mol. The van der Waals surface area contributed by atoms with Crippen molar-refractivity contribution in [2.75, 3.05) is 50.0 Å². The number of carbonyl (C=O) groups excluding carboxylic acids is 2. The molecule has 10 nitrogen and oxygen atoms in total. The summed E-state index contributed by atoms with van der Waals surface area (Å²) >= 11 is 2.82. The number of anilines is 2. The Kier molecular flexibility index (Phi) is 8.09. The van der Waals surface area contributed by atoms with Gasteiger partial charge in [0.2, 0.25) is 11.8 Å². The summed E-state index contributed by atoms with van der Waals surface area (Å²) in [5.41, 5.74) is 1.49. The molecular formula is C24H32N6O4S2. The van der Waals surface area contributed by atoms with Gasteiger partial charge in [-0.05, 0) is 50.9 Å². The van der Waals surface area contributed by atoms with Crippen LogP contribution < -0.4 is 10.6 Å². The van der Waals surface area contributed by atoms with Crippen molar-refractivity contribution in [3.05, 3.63) is 12.1 Å². The quantitative estimate of drug-likeness (QED) is 0.348. The lowest BCUT2D eigenvalue weighted by atomic mass is 10.0. The second-order valence-electron chi connectivity index (χ2n) is 9.53. The van der Waals surface area contributed by atoms with E-state index in [1.54, 1.807) is 0 Å². The van der Waals surface area contributed by atoms with E-state index in [0.29, 0.717) is 10.3 Å². The van der Waals surface area contributed by atoms with Crippen LogP contribution >= 0.6 is 22.7 Å². The molecule has 0 bridgehead atoms. The van der Waals surface area contributed by atoms with Crippen molar-refractivity contribution in [3.63, 3.8) is 0 Å². The number of benzene rings is 1. The molecule has 2 fully saturated rings. The summed E-state index contributed by atoms with van der Waals surface area (Å²) in [5, 5.41) is 26.0. The maximum Gasteiger partial charge on any atom is 0.240 e. The summed E-state index contributed by atoms with van der Waals surface area (Å²) < 4.78 is 1.87. The molecule has 0 aliphatic carbocycles. The Bertz CT molecular complexity index is 1090. The van der Waals surface area contributed by atoms with Gasteiger partial charge >= 0.3 is 0 Å². The first kappa shape index (κ1) is 25.4. The average Bonchev–Trinajstić information content (AvgIpc) is 3.44. The minimum Gasteiger partial charge on any atom is -0.395 e. The van der Waals surface area contributed by atoms with Crippen LogP contribution in [0.5, 0.6) is 0 Å². The van der Waals surface area contributed by atoms with Crippen molar-refractivity contribution in [1.82, 2.24) is 19.8 Å². The number of rotatable bonds is 8. The van der Waals surface area contributed by atoms with Crippen molar-refractivity contribution < 1.29 is 19.8 Å². The first-order chi connectivity index (χ1) is 17.5. The van der Waals surface area contributed by atoms with Crippen molar-refractivity contribution in [2.24, 2.45) is 0 Å². The number of likely N-dealkylation sites (tertiary alicyclic amines) is 2. The molecule has 0 spiro atoms. The number of hydrogen-bond acceptors (Lipinski definition) is 10. The second-order valence-corrected chi connectivity index (χ2v) is 11.6. The van der Waals surface area contributed by atoms with Gasteiger partial charge in [0.25, 0.3) is 0 Å². The van der Waals surface area contributed by atoms with Gasteiger partial charge in [0.15, 0.2) is 10.3 Å². The number of hydrogen-bond donors (Lipinski definition) is 4. The Morgan fingerprint density at radius 1 is 0.806 bits per heavy atom. The molecule has 2 amide bonds. The number of carbonyl (C=O) groups is 2. The third-order valence-corrected chi connectivity index (χ3v) is 8.87. The summed E-state index contributed by atoms with van der Waals surface area (Å²) in [6.07, 6.45) is 6.08. The Morgan fingerprint density at radius 3 is 1.72 bits per heavy atom. The largest absolute Gasteiger partial charge is 0.395 e. The van der Waals surface area contributed by atoms with Crippen LogP contribution in [0.15, 0.2) is 12.1 Å². The fourth-order valence-electron chi connectivity index (χ4n) is 5.09. The Morgan fingerprint density at radius 2 is 1.28 bits per heavy atom. The number of fused-ring (bicyclic) bond motifs is 2.